The van der Waals surface area contributed by atoms with Gasteiger partial charge in [-0.3, -0.25) is 14.3 Å². The Balaban J connectivity index is 1.67. The van der Waals surface area contributed by atoms with Gasteiger partial charge in [0.1, 0.15) is 11.6 Å². The number of hydrogen-bond acceptors (Lipinski definition) is 5. The van der Waals surface area contributed by atoms with Crippen molar-refractivity contribution in [3.05, 3.63) is 84.2 Å². The number of ether oxygens (including phenoxy) is 1. The molecule has 33 heavy (non-hydrogen) atoms. The van der Waals surface area contributed by atoms with Gasteiger partial charge in [-0.15, -0.1) is 0 Å². The van der Waals surface area contributed by atoms with Crippen molar-refractivity contribution < 1.29 is 27.1 Å². The summed E-state index contributed by atoms with van der Waals surface area (Å²) in [5.41, 5.74) is 0.818. The number of methoxy groups -OCH3 is 1. The van der Waals surface area contributed by atoms with Gasteiger partial charge in [0.2, 0.25) is 5.91 Å². The topological polar surface area (TPSA) is 105 Å². The molecule has 0 aliphatic rings. The largest absolute Gasteiger partial charge is 0.497 e. The van der Waals surface area contributed by atoms with Crippen LogP contribution >= 0.6 is 0 Å². The molecular weight excluding hydrogens is 449 g/mol. The van der Waals surface area contributed by atoms with E-state index in [1.807, 2.05) is 0 Å². The van der Waals surface area contributed by atoms with Crippen LogP contribution in [0.3, 0.4) is 0 Å². The molecule has 2 N–H and O–H groups in total. The summed E-state index contributed by atoms with van der Waals surface area (Å²) in [5, 5.41) is 2.68. The Hall–Kier alpha value is -3.92. The second-order valence-corrected chi connectivity index (χ2v) is 8.76. The number of likely N-dealkylation sites (N-methyl/N-ethyl adjacent to an activating group) is 1. The van der Waals surface area contributed by atoms with Crippen molar-refractivity contribution in [1.29, 1.82) is 0 Å². The van der Waals surface area contributed by atoms with Crippen molar-refractivity contribution in [1.82, 2.24) is 4.90 Å². The number of halogens is 1. The van der Waals surface area contributed by atoms with Gasteiger partial charge in [0.05, 0.1) is 18.6 Å². The molecule has 0 heterocycles. The van der Waals surface area contributed by atoms with Crippen LogP contribution in [0.2, 0.25) is 0 Å². The lowest BCUT2D eigenvalue weighted by molar-refractivity contribution is -0.116. The van der Waals surface area contributed by atoms with Crippen LogP contribution in [0.4, 0.5) is 15.8 Å². The molecule has 8 nitrogen and oxygen atoms in total. The van der Waals surface area contributed by atoms with Gasteiger partial charge in [-0.2, -0.15) is 0 Å². The van der Waals surface area contributed by atoms with E-state index in [1.165, 1.54) is 55.5 Å². The second-order valence-electron chi connectivity index (χ2n) is 7.08. The fourth-order valence-electron chi connectivity index (χ4n) is 2.91. The zero-order valence-electron chi connectivity index (χ0n) is 17.9. The SMILES string of the molecule is COc1ccc(NC(=O)CN(C)C(=O)c2cccc(S(=O)(=O)Nc3ccc(F)cc3)c2)cc1. The van der Waals surface area contributed by atoms with Gasteiger partial charge in [-0.05, 0) is 66.7 Å². The zero-order valence-corrected chi connectivity index (χ0v) is 18.7. The summed E-state index contributed by atoms with van der Waals surface area (Å²) in [4.78, 5) is 26.1. The minimum Gasteiger partial charge on any atom is -0.497 e. The number of sulfonamides is 1. The molecule has 10 heteroatoms. The van der Waals surface area contributed by atoms with E-state index in [-0.39, 0.29) is 22.7 Å². The van der Waals surface area contributed by atoms with E-state index in [4.69, 9.17) is 4.74 Å². The monoisotopic (exact) mass is 471 g/mol. The van der Waals surface area contributed by atoms with Gasteiger partial charge in [0.25, 0.3) is 15.9 Å². The van der Waals surface area contributed by atoms with Crippen LogP contribution in [0.1, 0.15) is 10.4 Å². The van der Waals surface area contributed by atoms with Crippen LogP contribution in [0.5, 0.6) is 5.75 Å². The number of benzene rings is 3. The van der Waals surface area contributed by atoms with Crippen molar-refractivity contribution >= 4 is 33.2 Å². The minimum atomic E-state index is -4.01. The third kappa shape index (κ3) is 6.30. The smallest absolute Gasteiger partial charge is 0.261 e. The van der Waals surface area contributed by atoms with E-state index in [0.29, 0.717) is 11.4 Å². The number of carbonyl (C=O) groups is 2. The highest BCUT2D eigenvalue weighted by atomic mass is 32.2. The molecule has 3 aromatic rings. The first-order chi connectivity index (χ1) is 15.7. The highest BCUT2D eigenvalue weighted by Crippen LogP contribution is 2.19. The molecule has 0 saturated heterocycles. The first-order valence-corrected chi connectivity index (χ1v) is 11.2. The number of amides is 2. The molecular formula is C23H22FN3O5S. The van der Waals surface area contributed by atoms with E-state index in [0.717, 1.165) is 12.1 Å². The van der Waals surface area contributed by atoms with Gasteiger partial charge in [-0.25, -0.2) is 12.8 Å². The van der Waals surface area contributed by atoms with Crippen molar-refractivity contribution in [2.24, 2.45) is 0 Å². The Labute approximate surface area is 191 Å². The molecule has 0 saturated carbocycles. The van der Waals surface area contributed by atoms with E-state index >= 15 is 0 Å². The molecule has 3 rings (SSSR count). The molecule has 0 radical (unpaired) electrons. The number of rotatable bonds is 8. The molecule has 0 bridgehead atoms. The van der Waals surface area contributed by atoms with E-state index in [1.54, 1.807) is 24.3 Å². The quantitative estimate of drug-likeness (QED) is 0.524. The second kappa shape index (κ2) is 10.1. The standard InChI is InChI=1S/C23H22FN3O5S/c1-27(15-22(28)25-18-10-12-20(32-2)13-11-18)23(29)16-4-3-5-21(14-16)33(30,31)26-19-8-6-17(24)7-9-19/h3-14,26H,15H2,1-2H3,(H,25,28). The number of carbonyl (C=O) groups excluding carboxylic acids is 2. The summed E-state index contributed by atoms with van der Waals surface area (Å²) in [6.45, 7) is -0.240. The average molecular weight is 472 g/mol. The van der Waals surface area contributed by atoms with Crippen molar-refractivity contribution in [3.8, 4) is 5.75 Å². The molecule has 0 aromatic heterocycles. The number of nitrogens with one attached hydrogen (secondary N) is 2. The van der Waals surface area contributed by atoms with E-state index < -0.39 is 27.7 Å². The van der Waals surface area contributed by atoms with E-state index in [9.17, 15) is 22.4 Å². The first kappa shape index (κ1) is 23.7. The summed E-state index contributed by atoms with van der Waals surface area (Å²) in [6, 6.07) is 17.0. The summed E-state index contributed by atoms with van der Waals surface area (Å²) < 4.78 is 45.8. The van der Waals surface area contributed by atoms with Crippen LogP contribution in [0, 0.1) is 5.82 Å². The molecule has 0 aliphatic carbocycles. The van der Waals surface area contributed by atoms with Crippen LogP contribution in [-0.2, 0) is 14.8 Å². The molecule has 0 atom stereocenters. The molecule has 2 amide bonds. The Morgan fingerprint density at radius 1 is 0.970 bits per heavy atom. The van der Waals surface area contributed by atoms with Crippen LogP contribution < -0.4 is 14.8 Å². The summed E-state index contributed by atoms with van der Waals surface area (Å²) in [6.07, 6.45) is 0. The Morgan fingerprint density at radius 2 is 1.61 bits per heavy atom. The Kier molecular flexibility index (Phi) is 7.29. The Morgan fingerprint density at radius 3 is 2.24 bits per heavy atom. The Bertz CT molecular complexity index is 1250. The lowest BCUT2D eigenvalue weighted by atomic mass is 10.2. The van der Waals surface area contributed by atoms with Gasteiger partial charge in [0.15, 0.2) is 0 Å². The third-order valence-corrected chi connectivity index (χ3v) is 5.97. The average Bonchev–Trinajstić information content (AvgIpc) is 2.80. The number of hydrogen-bond donors (Lipinski definition) is 2. The fourth-order valence-corrected chi connectivity index (χ4v) is 4.01. The summed E-state index contributed by atoms with van der Waals surface area (Å²) in [5.74, 6) is -0.801. The molecule has 172 valence electrons. The fraction of sp³-hybridized carbons (Fsp3) is 0.130. The zero-order chi connectivity index (χ0) is 24.0. The van der Waals surface area contributed by atoms with Crippen LogP contribution in [0.25, 0.3) is 0 Å². The molecule has 0 unspecified atom stereocenters. The van der Waals surface area contributed by atoms with Crippen molar-refractivity contribution in [2.75, 3.05) is 30.7 Å². The molecule has 0 spiro atoms. The maximum Gasteiger partial charge on any atom is 0.261 e. The predicted octanol–water partition coefficient (Wildman–Crippen LogP) is 3.35. The van der Waals surface area contributed by atoms with Crippen molar-refractivity contribution in [2.45, 2.75) is 4.90 Å². The molecule has 0 fully saturated rings. The third-order valence-electron chi connectivity index (χ3n) is 4.59. The highest BCUT2D eigenvalue weighted by Gasteiger charge is 2.19. The first-order valence-electron chi connectivity index (χ1n) is 9.76. The lowest BCUT2D eigenvalue weighted by Gasteiger charge is -2.17. The van der Waals surface area contributed by atoms with Gasteiger partial charge in [-0.1, -0.05) is 6.07 Å². The molecule has 3 aromatic carbocycles. The molecule has 0 aliphatic heterocycles. The van der Waals surface area contributed by atoms with Crippen LogP contribution in [0.15, 0.2) is 77.7 Å². The summed E-state index contributed by atoms with van der Waals surface area (Å²) >= 11 is 0. The number of anilines is 2. The number of nitrogens with zero attached hydrogens (tertiary/aromatic N) is 1. The normalized spacial score (nSPS) is 10.9. The van der Waals surface area contributed by atoms with Gasteiger partial charge >= 0.3 is 0 Å². The minimum absolute atomic E-state index is 0.0942. The lowest BCUT2D eigenvalue weighted by Crippen LogP contribution is -2.35. The van der Waals surface area contributed by atoms with Gasteiger partial charge < -0.3 is 15.0 Å². The predicted molar refractivity (Wildman–Crippen MR) is 122 cm³/mol. The maximum atomic E-state index is 13.1. The van der Waals surface area contributed by atoms with Crippen LogP contribution in [-0.4, -0.2) is 45.8 Å². The van der Waals surface area contributed by atoms with Crippen molar-refractivity contribution in [3.63, 3.8) is 0 Å². The summed E-state index contributed by atoms with van der Waals surface area (Å²) in [7, 11) is -1.04. The van der Waals surface area contributed by atoms with E-state index in [2.05, 4.69) is 10.0 Å². The van der Waals surface area contributed by atoms with Gasteiger partial charge in [0, 0.05) is 24.0 Å². The highest BCUT2D eigenvalue weighted by molar-refractivity contribution is 7.92. The maximum absolute atomic E-state index is 13.1.